The summed E-state index contributed by atoms with van der Waals surface area (Å²) in [6, 6.07) is 23.5. The second-order valence-corrected chi connectivity index (χ2v) is 30.6. The van der Waals surface area contributed by atoms with E-state index in [0.717, 1.165) is 16.7 Å². The van der Waals surface area contributed by atoms with Crippen molar-refractivity contribution in [2.75, 3.05) is 26.3 Å². The van der Waals surface area contributed by atoms with Crippen molar-refractivity contribution in [2.45, 2.75) is 209 Å². The number of hydrogen-bond donors (Lipinski definition) is 17. The first-order chi connectivity index (χ1) is 56.5. The molecule has 35 nitrogen and oxygen atoms in total. The summed E-state index contributed by atoms with van der Waals surface area (Å²) in [5.74, 6) is -12.8. The molecule has 35 heteroatoms. The number of amides is 12. The number of fused-ring (bicyclic) bond motifs is 1. The van der Waals surface area contributed by atoms with E-state index in [4.69, 9.17) is 26.7 Å². The van der Waals surface area contributed by atoms with Crippen molar-refractivity contribution in [1.29, 1.82) is 0 Å². The molecule has 0 saturated carbocycles. The summed E-state index contributed by atoms with van der Waals surface area (Å²) in [5.41, 5.74) is 21.6. The number of phenols is 1. The van der Waals surface area contributed by atoms with E-state index in [1.807, 2.05) is 68.4 Å². The predicted molar refractivity (Wildman–Crippen MR) is 429 cm³/mol. The summed E-state index contributed by atoms with van der Waals surface area (Å²) in [7, 11) is 0. The molecule has 15 atom stereocenters. The first-order valence-corrected chi connectivity index (χ1v) is 39.7. The molecule has 0 aliphatic carbocycles. The molecule has 0 unspecified atom stereocenters. The minimum absolute atomic E-state index is 0.0130. The molecule has 0 spiro atoms. The number of nitrogens with one attached hydrogen (secondary N) is 10. The van der Waals surface area contributed by atoms with Crippen LogP contribution in [0.3, 0.4) is 0 Å². The second kappa shape index (κ2) is 44.1. The van der Waals surface area contributed by atoms with Gasteiger partial charge in [-0.25, -0.2) is 4.68 Å². The number of phenolic OH excluding ortho intramolecular Hbond substituents is 1. The third-order valence-electron chi connectivity index (χ3n) is 20.6. The lowest BCUT2D eigenvalue weighted by Crippen LogP contribution is -2.63. The average Bonchev–Trinajstić information content (AvgIpc) is 1.18. The van der Waals surface area contributed by atoms with Gasteiger partial charge in [0.15, 0.2) is 6.29 Å². The summed E-state index contributed by atoms with van der Waals surface area (Å²) in [4.78, 5) is 177. The molecule has 3 aliphatic heterocycles. The molecule has 5 aromatic carbocycles. The van der Waals surface area contributed by atoms with E-state index in [-0.39, 0.29) is 102 Å². The van der Waals surface area contributed by atoms with Crippen molar-refractivity contribution in [1.82, 2.24) is 73.1 Å². The smallest absolute Gasteiger partial charge is 0.246 e. The maximum Gasteiger partial charge on any atom is 0.246 e. The largest absolute Gasteiger partial charge is 0.508 e. The minimum Gasteiger partial charge on any atom is -0.508 e. The maximum atomic E-state index is 15.4. The fraction of sp³-hybridized carbons (Fsp3) is 0.470. The van der Waals surface area contributed by atoms with Crippen molar-refractivity contribution in [2.24, 2.45) is 29.0 Å². The Kier molecular flexibility index (Phi) is 33.8. The minimum atomic E-state index is -1.99. The Bertz CT molecular complexity index is 4370. The molecule has 12 amide bonds. The summed E-state index contributed by atoms with van der Waals surface area (Å²) >= 11 is 0. The summed E-state index contributed by atoms with van der Waals surface area (Å²) in [6.07, 6.45) is -6.89. The van der Waals surface area contributed by atoms with Crippen molar-refractivity contribution >= 4 is 70.9 Å². The highest BCUT2D eigenvalue weighted by molar-refractivity contribution is 6.01. The third-order valence-corrected chi connectivity index (χ3v) is 20.6. The standard InChI is InChI=1S/C83H109N17O18/c1-47(2)38-59-75(109)95-64(41-50-18-10-6-11-19-50)82(116)100-35-15-23-65(100)80(114)94-60(39-49-16-8-5-9-17-49)76(110)92-62(42-55-45-99(98-97-55)36-37-117-83-70(72(106)71(105)66(46-101)118-83)87-44-52-24-28-54(29-25-52)53-20-12-7-13-21-53)77(111)93-63(43-68(86)104)78(112)88-58(32-33-67(85)103)74(108)91-61(40-51-26-30-56(102)31-27-51)79(113)96-69(48(3)4)81(115)89-57(22-14-34-84)73(107)90-59/h5-13,16-21,24-31,45,47-48,57-66,69-72,83,87,101-102,105-106H,14-15,22-23,32-44,46,84H2,1-4H3,(H2,85,103)(H2,86,104)(H,88,112)(H,89,115)(H,90,107)(H,91,108)(H,92,110)(H,93,111)(H,94,114)(H,95,109)(H,96,113)/t57-,58-,59-,60-,61-,62+,63-,64+,65-,66+,69-,70+,71-,72+,83+/m0/s1. The lowest BCUT2D eigenvalue weighted by molar-refractivity contribution is -0.271. The van der Waals surface area contributed by atoms with Gasteiger partial charge >= 0.3 is 0 Å². The number of ether oxygens (including phenoxy) is 2. The number of primary amides is 2. The number of carbonyl (C=O) groups is 12. The van der Waals surface area contributed by atoms with E-state index in [9.17, 15) is 58.8 Å². The SMILES string of the molecule is CC(C)C[C@@H]1NC(=O)[C@H](CCCN)NC(=O)[C@H](C(C)C)NC(=O)[C@H](Cc2ccc(O)cc2)NC(=O)[C@H](CCC(N)=O)NC(=O)[C@H](CC(N)=O)NC(=O)[C@@H](Cc2cn(CCO[C@@H]3O[C@H](CO)[C@H](O)[C@H](O)[C@H]3NCc3ccc(-c4ccccc4)cc3)nn2)NC(=O)[C@H](Cc2ccccc2)NC(=O)[C@@H]2CCCN2C(=O)[C@@H](Cc2ccccc2)NC1=O. The fourth-order valence-electron chi connectivity index (χ4n) is 14.2. The fourth-order valence-corrected chi connectivity index (χ4v) is 14.2. The van der Waals surface area contributed by atoms with Gasteiger partial charge in [-0.1, -0.05) is 160 Å². The zero-order chi connectivity index (χ0) is 85.1. The van der Waals surface area contributed by atoms with E-state index >= 15 is 19.2 Å². The highest BCUT2D eigenvalue weighted by atomic mass is 16.7. The molecule has 634 valence electrons. The van der Waals surface area contributed by atoms with Crippen LogP contribution >= 0.6 is 0 Å². The van der Waals surface area contributed by atoms with Crippen LogP contribution in [0.4, 0.5) is 0 Å². The molecule has 6 aromatic rings. The molecule has 3 aliphatic rings. The van der Waals surface area contributed by atoms with Crippen LogP contribution in [0.5, 0.6) is 5.75 Å². The van der Waals surface area contributed by atoms with Crippen molar-refractivity contribution in [3.05, 3.63) is 174 Å². The van der Waals surface area contributed by atoms with Crippen LogP contribution in [0.15, 0.2) is 146 Å². The average molecular weight is 1630 g/mol. The third kappa shape index (κ3) is 26.5. The highest BCUT2D eigenvalue weighted by Gasteiger charge is 2.46. The van der Waals surface area contributed by atoms with Crippen LogP contribution in [0, 0.1) is 11.8 Å². The van der Waals surface area contributed by atoms with E-state index < -0.39 is 200 Å². The second-order valence-electron chi connectivity index (χ2n) is 30.6. The van der Waals surface area contributed by atoms with E-state index in [1.165, 1.54) is 40.0 Å². The molecule has 9 rings (SSSR count). The van der Waals surface area contributed by atoms with Gasteiger partial charge in [0.05, 0.1) is 37.9 Å². The van der Waals surface area contributed by atoms with Gasteiger partial charge in [-0.3, -0.25) is 57.5 Å². The Hall–Kier alpha value is -11.6. The normalized spacial score (nSPS) is 25.2. The molecule has 1 aromatic heterocycles. The van der Waals surface area contributed by atoms with Gasteiger partial charge in [0.25, 0.3) is 0 Å². The van der Waals surface area contributed by atoms with Gasteiger partial charge in [-0.2, -0.15) is 0 Å². The number of aromatic hydroxyl groups is 1. The highest BCUT2D eigenvalue weighted by Crippen LogP contribution is 2.26. The molecule has 4 heterocycles. The summed E-state index contributed by atoms with van der Waals surface area (Å²) in [5, 5.41) is 78.7. The number of aliphatic hydroxyl groups is 3. The van der Waals surface area contributed by atoms with E-state index in [0.29, 0.717) is 16.7 Å². The number of nitrogens with two attached hydrogens (primary N) is 3. The lowest BCUT2D eigenvalue weighted by atomic mass is 9.96. The van der Waals surface area contributed by atoms with Crippen LogP contribution in [0.2, 0.25) is 0 Å². The van der Waals surface area contributed by atoms with Gasteiger partial charge in [0.2, 0.25) is 70.9 Å². The molecule has 0 radical (unpaired) electrons. The van der Waals surface area contributed by atoms with E-state index in [2.05, 4.69) is 63.5 Å². The number of hydrogen-bond acceptors (Lipinski definition) is 22. The number of aliphatic hydroxyl groups excluding tert-OH is 3. The topological polar surface area (TPSA) is 537 Å². The molecule has 0 bridgehead atoms. The van der Waals surface area contributed by atoms with Gasteiger partial charge in [-0.15, -0.1) is 5.10 Å². The molecule has 3 saturated heterocycles. The van der Waals surface area contributed by atoms with Gasteiger partial charge in [-0.05, 0) is 102 Å². The van der Waals surface area contributed by atoms with Crippen LogP contribution in [0.25, 0.3) is 11.1 Å². The molecule has 118 heavy (non-hydrogen) atoms. The summed E-state index contributed by atoms with van der Waals surface area (Å²) < 4.78 is 13.5. The Labute approximate surface area is 683 Å². The van der Waals surface area contributed by atoms with Gasteiger partial charge in [0, 0.05) is 51.4 Å². The quantitative estimate of drug-likeness (QED) is 0.0265. The Morgan fingerprint density at radius 2 is 1.05 bits per heavy atom. The zero-order valence-electron chi connectivity index (χ0n) is 66.4. The summed E-state index contributed by atoms with van der Waals surface area (Å²) in [6.45, 7) is 6.13. The van der Waals surface area contributed by atoms with Crippen LogP contribution in [0.1, 0.15) is 107 Å². The van der Waals surface area contributed by atoms with Gasteiger partial charge < -0.3 is 105 Å². The molecular weight excluding hydrogens is 1520 g/mol. The van der Waals surface area contributed by atoms with Crippen LogP contribution < -0.4 is 70.4 Å². The lowest BCUT2D eigenvalue weighted by Gasteiger charge is -2.42. The Morgan fingerprint density at radius 3 is 1.64 bits per heavy atom. The Morgan fingerprint density at radius 1 is 0.559 bits per heavy atom. The number of rotatable bonds is 28. The van der Waals surface area contributed by atoms with Crippen molar-refractivity contribution in [3.8, 4) is 16.9 Å². The molecule has 3 fully saturated rings. The monoisotopic (exact) mass is 1630 g/mol. The number of aromatic nitrogens is 3. The molecule has 20 N–H and O–H groups in total. The van der Waals surface area contributed by atoms with E-state index in [1.54, 1.807) is 74.5 Å². The first-order valence-electron chi connectivity index (χ1n) is 39.7. The maximum absolute atomic E-state index is 15.4. The zero-order valence-corrected chi connectivity index (χ0v) is 66.4. The number of nitrogens with zero attached hydrogens (tertiary/aromatic N) is 4. The van der Waals surface area contributed by atoms with Crippen LogP contribution in [-0.4, -0.2) is 229 Å². The Balaban J connectivity index is 1.06. The van der Waals surface area contributed by atoms with Gasteiger partial charge in [0.1, 0.15) is 84.5 Å². The van der Waals surface area contributed by atoms with Crippen LogP contribution in [-0.2, 0) is 106 Å². The number of carbonyl (C=O) groups excluding carboxylic acids is 12. The number of benzene rings is 5. The van der Waals surface area contributed by atoms with Crippen molar-refractivity contribution < 1.29 is 87.4 Å². The van der Waals surface area contributed by atoms with Crippen molar-refractivity contribution in [3.63, 3.8) is 0 Å². The predicted octanol–water partition coefficient (Wildman–Crippen LogP) is -1.52. The first kappa shape index (κ1) is 90.3. The molecular formula is C83H109N17O18.